The Kier molecular flexibility index (Phi) is 8.90. The smallest absolute Gasteiger partial charge is 0.328 e. The Morgan fingerprint density at radius 1 is 1.19 bits per heavy atom. The number of aliphatic hydroxyl groups is 2. The summed E-state index contributed by atoms with van der Waals surface area (Å²) >= 11 is 0. The first-order valence-corrected chi connectivity index (χ1v) is 9.86. The third kappa shape index (κ3) is 7.01. The number of nitrogens with zero attached hydrogens (tertiary/aromatic N) is 1. The molecule has 0 spiro atoms. The van der Waals surface area contributed by atoms with Crippen molar-refractivity contribution in [1.29, 1.82) is 0 Å². The summed E-state index contributed by atoms with van der Waals surface area (Å²) in [6, 6.07) is -4.63. The molecule has 2 rings (SSSR count). The molecule has 172 valence electrons. The van der Waals surface area contributed by atoms with Crippen LogP contribution in [0.15, 0.2) is 12.5 Å². The Hall–Kier alpha value is -3.03. The lowest BCUT2D eigenvalue weighted by Gasteiger charge is -2.26. The quantitative estimate of drug-likeness (QED) is 0.172. The molecular formula is C18H28N6O7. The summed E-state index contributed by atoms with van der Waals surface area (Å²) in [6.07, 6.45) is 3.02. The molecule has 1 aliphatic rings. The number of amides is 3. The molecule has 5 atom stereocenters. The van der Waals surface area contributed by atoms with Gasteiger partial charge in [0.15, 0.2) is 0 Å². The number of hydrogen-bond acceptors (Lipinski definition) is 8. The van der Waals surface area contributed by atoms with Crippen molar-refractivity contribution in [3.8, 4) is 0 Å². The molecule has 2 heterocycles. The van der Waals surface area contributed by atoms with Gasteiger partial charge in [0.1, 0.15) is 18.1 Å². The van der Waals surface area contributed by atoms with E-state index < -0.39 is 54.7 Å². The van der Waals surface area contributed by atoms with Crippen molar-refractivity contribution >= 4 is 23.7 Å². The molecule has 0 bridgehead atoms. The highest BCUT2D eigenvalue weighted by atomic mass is 16.4. The van der Waals surface area contributed by atoms with Gasteiger partial charge in [-0.15, -0.1) is 0 Å². The summed E-state index contributed by atoms with van der Waals surface area (Å²) in [5, 5.41) is 38.1. The van der Waals surface area contributed by atoms with Crippen LogP contribution in [0, 0.1) is 0 Å². The molecule has 1 aromatic heterocycles. The minimum atomic E-state index is -1.60. The van der Waals surface area contributed by atoms with Gasteiger partial charge in [-0.25, -0.2) is 9.78 Å². The second-order valence-electron chi connectivity index (χ2n) is 7.30. The number of aromatic amines is 1. The fraction of sp³-hybridized carbons (Fsp3) is 0.611. The van der Waals surface area contributed by atoms with E-state index in [9.17, 15) is 24.3 Å². The standard InChI is InChI=1S/C18H28N6O7/c1-9(26)14(17(29)23-13(7-25)18(30)31)24-16(28)12(5-10-6-19-8-21-10)22-15(27)11-3-2-4-20-11/h6,8-9,11-14,20,25-26H,2-5,7H2,1H3,(H,19,21)(H,22,27)(H,23,29)(H,24,28)(H,30,31). The lowest BCUT2D eigenvalue weighted by atomic mass is 10.1. The highest BCUT2D eigenvalue weighted by Gasteiger charge is 2.33. The maximum Gasteiger partial charge on any atom is 0.328 e. The van der Waals surface area contributed by atoms with E-state index in [-0.39, 0.29) is 12.3 Å². The number of aliphatic hydroxyl groups excluding tert-OH is 2. The molecule has 3 amide bonds. The van der Waals surface area contributed by atoms with Gasteiger partial charge in [-0.2, -0.15) is 0 Å². The van der Waals surface area contributed by atoms with E-state index in [0.717, 1.165) is 6.42 Å². The minimum Gasteiger partial charge on any atom is -0.480 e. The molecule has 0 aromatic carbocycles. The maximum absolute atomic E-state index is 12.9. The Morgan fingerprint density at radius 2 is 1.94 bits per heavy atom. The normalized spacial score (nSPS) is 19.6. The van der Waals surface area contributed by atoms with E-state index in [1.807, 2.05) is 5.32 Å². The van der Waals surface area contributed by atoms with E-state index in [1.54, 1.807) is 0 Å². The second kappa shape index (κ2) is 11.4. The molecule has 1 fully saturated rings. The van der Waals surface area contributed by atoms with Crippen molar-refractivity contribution < 1.29 is 34.5 Å². The number of carbonyl (C=O) groups is 4. The Labute approximate surface area is 178 Å². The highest BCUT2D eigenvalue weighted by molar-refractivity contribution is 5.94. The first-order chi connectivity index (χ1) is 14.7. The van der Waals surface area contributed by atoms with E-state index >= 15 is 0 Å². The molecule has 0 aliphatic carbocycles. The molecule has 1 saturated heterocycles. The average Bonchev–Trinajstić information content (AvgIpc) is 3.42. The van der Waals surface area contributed by atoms with Crippen LogP contribution in [0.3, 0.4) is 0 Å². The zero-order valence-corrected chi connectivity index (χ0v) is 17.0. The predicted molar refractivity (Wildman–Crippen MR) is 106 cm³/mol. The van der Waals surface area contributed by atoms with Gasteiger partial charge in [-0.05, 0) is 26.3 Å². The summed E-state index contributed by atoms with van der Waals surface area (Å²) in [6.45, 7) is 1.06. The second-order valence-corrected chi connectivity index (χ2v) is 7.30. The average molecular weight is 440 g/mol. The van der Waals surface area contributed by atoms with Crippen molar-refractivity contribution in [1.82, 2.24) is 31.2 Å². The van der Waals surface area contributed by atoms with Crippen LogP contribution < -0.4 is 21.3 Å². The molecular weight excluding hydrogens is 412 g/mol. The van der Waals surface area contributed by atoms with Crippen LogP contribution >= 0.6 is 0 Å². The maximum atomic E-state index is 12.9. The van der Waals surface area contributed by atoms with Crippen molar-refractivity contribution in [2.24, 2.45) is 0 Å². The van der Waals surface area contributed by atoms with E-state index in [1.165, 1.54) is 19.4 Å². The highest BCUT2D eigenvalue weighted by Crippen LogP contribution is 2.07. The van der Waals surface area contributed by atoms with Crippen molar-refractivity contribution in [2.75, 3.05) is 13.2 Å². The van der Waals surface area contributed by atoms with Crippen LogP contribution in [-0.2, 0) is 25.6 Å². The number of H-pyrrole nitrogens is 1. The van der Waals surface area contributed by atoms with Gasteiger partial charge in [0.05, 0.1) is 25.1 Å². The summed E-state index contributed by atoms with van der Waals surface area (Å²) in [5.74, 6) is -3.59. The van der Waals surface area contributed by atoms with E-state index in [2.05, 4.69) is 25.9 Å². The van der Waals surface area contributed by atoms with Gasteiger partial charge in [0.2, 0.25) is 17.7 Å². The number of aromatic nitrogens is 2. The fourth-order valence-corrected chi connectivity index (χ4v) is 3.11. The Balaban J connectivity index is 2.11. The number of nitrogens with one attached hydrogen (secondary N) is 5. The van der Waals surface area contributed by atoms with Gasteiger partial charge >= 0.3 is 5.97 Å². The fourth-order valence-electron chi connectivity index (χ4n) is 3.11. The third-order valence-electron chi connectivity index (χ3n) is 4.85. The number of imidazole rings is 1. The van der Waals surface area contributed by atoms with Gasteiger partial charge < -0.3 is 41.6 Å². The topological polar surface area (TPSA) is 206 Å². The third-order valence-corrected chi connectivity index (χ3v) is 4.85. The van der Waals surface area contributed by atoms with Crippen LogP contribution in [0.1, 0.15) is 25.5 Å². The molecule has 13 nitrogen and oxygen atoms in total. The number of carboxylic acid groups (broad SMARTS) is 1. The number of carboxylic acids is 1. The molecule has 1 aromatic rings. The SMILES string of the molecule is CC(O)C(NC(=O)C(Cc1cnc[nH]1)NC(=O)C1CCCN1)C(=O)NC(CO)C(=O)O. The molecule has 31 heavy (non-hydrogen) atoms. The zero-order chi connectivity index (χ0) is 23.0. The van der Waals surface area contributed by atoms with Crippen LogP contribution in [0.25, 0.3) is 0 Å². The molecule has 0 radical (unpaired) electrons. The van der Waals surface area contributed by atoms with E-state index in [0.29, 0.717) is 18.7 Å². The first-order valence-electron chi connectivity index (χ1n) is 9.86. The molecule has 1 aliphatic heterocycles. The number of rotatable bonds is 11. The molecule has 5 unspecified atom stereocenters. The van der Waals surface area contributed by atoms with Crippen LogP contribution in [0.4, 0.5) is 0 Å². The van der Waals surface area contributed by atoms with Crippen molar-refractivity contribution in [2.45, 2.75) is 56.5 Å². The lowest BCUT2D eigenvalue weighted by molar-refractivity contribution is -0.144. The largest absolute Gasteiger partial charge is 0.480 e. The van der Waals surface area contributed by atoms with Gasteiger partial charge in [-0.3, -0.25) is 14.4 Å². The minimum absolute atomic E-state index is 0.0484. The van der Waals surface area contributed by atoms with Crippen molar-refractivity contribution in [3.63, 3.8) is 0 Å². The first kappa shape index (κ1) is 24.2. The van der Waals surface area contributed by atoms with Gasteiger partial charge in [0.25, 0.3) is 0 Å². The molecule has 13 heteroatoms. The lowest BCUT2D eigenvalue weighted by Crippen LogP contribution is -2.60. The van der Waals surface area contributed by atoms with Crippen LogP contribution in [0.5, 0.6) is 0 Å². The predicted octanol–water partition coefficient (Wildman–Crippen LogP) is -3.38. The molecule has 8 N–H and O–H groups in total. The summed E-state index contributed by atoms with van der Waals surface area (Å²) in [5.41, 5.74) is 0.559. The zero-order valence-electron chi connectivity index (χ0n) is 17.0. The Bertz CT molecular complexity index is 763. The van der Waals surface area contributed by atoms with Crippen LogP contribution in [-0.4, -0.2) is 92.4 Å². The number of aliphatic carboxylic acids is 1. The molecule has 0 saturated carbocycles. The number of carbonyl (C=O) groups excluding carboxylic acids is 3. The van der Waals surface area contributed by atoms with E-state index in [4.69, 9.17) is 10.2 Å². The summed E-state index contributed by atoms with van der Waals surface area (Å²) in [7, 11) is 0. The van der Waals surface area contributed by atoms with Crippen molar-refractivity contribution in [3.05, 3.63) is 18.2 Å². The van der Waals surface area contributed by atoms with Gasteiger partial charge in [-0.1, -0.05) is 0 Å². The summed E-state index contributed by atoms with van der Waals surface area (Å²) < 4.78 is 0. The number of hydrogen-bond donors (Lipinski definition) is 8. The van der Waals surface area contributed by atoms with Crippen LogP contribution in [0.2, 0.25) is 0 Å². The monoisotopic (exact) mass is 440 g/mol. The summed E-state index contributed by atoms with van der Waals surface area (Å²) in [4.78, 5) is 55.5. The van der Waals surface area contributed by atoms with Gasteiger partial charge in [0, 0.05) is 18.3 Å². The Morgan fingerprint density at radius 3 is 2.45 bits per heavy atom.